The molecule has 3 fully saturated rings. The number of nitriles is 1. The fourth-order valence-corrected chi connectivity index (χ4v) is 4.44. The van der Waals surface area contributed by atoms with Crippen LogP contribution in [0.5, 0.6) is 0 Å². The summed E-state index contributed by atoms with van der Waals surface area (Å²) in [5.74, 6) is 1.13. The average molecular weight is 370 g/mol. The van der Waals surface area contributed by atoms with Crippen molar-refractivity contribution in [1.82, 2.24) is 20.0 Å². The van der Waals surface area contributed by atoms with Gasteiger partial charge in [0.15, 0.2) is 0 Å². The highest BCUT2D eigenvalue weighted by Gasteiger charge is 2.42. The minimum Gasteiger partial charge on any atom is -0.331 e. The van der Waals surface area contributed by atoms with Gasteiger partial charge in [-0.2, -0.15) is 5.26 Å². The van der Waals surface area contributed by atoms with Gasteiger partial charge in [0.2, 0.25) is 5.91 Å². The van der Waals surface area contributed by atoms with Crippen molar-refractivity contribution in [3.05, 3.63) is 0 Å². The number of carbonyl (C=O) groups is 2. The largest absolute Gasteiger partial charge is 0.331 e. The zero-order valence-corrected chi connectivity index (χ0v) is 15.8. The zero-order valence-electron chi connectivity index (χ0n) is 15.0. The van der Waals surface area contributed by atoms with Crippen molar-refractivity contribution in [2.24, 2.45) is 11.8 Å². The van der Waals surface area contributed by atoms with Crippen LogP contribution in [0, 0.1) is 23.2 Å². The Kier molecular flexibility index (Phi) is 6.53. The minimum absolute atomic E-state index is 0. The van der Waals surface area contributed by atoms with Gasteiger partial charge in [-0.25, -0.2) is 4.79 Å². The van der Waals surface area contributed by atoms with E-state index in [0.29, 0.717) is 31.0 Å². The van der Waals surface area contributed by atoms with E-state index in [-0.39, 0.29) is 30.4 Å². The van der Waals surface area contributed by atoms with Gasteiger partial charge in [-0.15, -0.1) is 12.4 Å². The van der Waals surface area contributed by atoms with Crippen LogP contribution >= 0.6 is 12.4 Å². The fraction of sp³-hybridized carbons (Fsp3) is 0.824. The third-order valence-corrected chi connectivity index (χ3v) is 5.67. The fourth-order valence-electron chi connectivity index (χ4n) is 4.44. The second kappa shape index (κ2) is 8.24. The molecule has 1 saturated carbocycles. The highest BCUT2D eigenvalue weighted by Crippen LogP contribution is 2.38. The topological polar surface area (TPSA) is 79.7 Å². The maximum absolute atomic E-state index is 12.3. The molecule has 3 aliphatic rings. The number of likely N-dealkylation sites (tertiary alicyclic amines) is 2. The molecule has 0 radical (unpaired) electrons. The molecule has 3 amide bonds. The summed E-state index contributed by atoms with van der Waals surface area (Å²) in [6, 6.07) is 2.42. The summed E-state index contributed by atoms with van der Waals surface area (Å²) in [5, 5.41) is 12.5. The molecule has 0 aromatic carbocycles. The molecule has 25 heavy (non-hydrogen) atoms. The van der Waals surface area contributed by atoms with E-state index in [1.807, 2.05) is 4.90 Å². The van der Waals surface area contributed by atoms with E-state index in [2.05, 4.69) is 11.4 Å². The predicted molar refractivity (Wildman–Crippen MR) is 96.3 cm³/mol. The lowest BCUT2D eigenvalue weighted by atomic mass is 10.0. The van der Waals surface area contributed by atoms with Crippen LogP contribution in [0.2, 0.25) is 0 Å². The first kappa shape index (κ1) is 19.8. The Morgan fingerprint density at radius 3 is 2.44 bits per heavy atom. The molecule has 2 aliphatic heterocycles. The molecule has 140 valence electrons. The molecule has 8 heteroatoms. The van der Waals surface area contributed by atoms with Gasteiger partial charge in [-0.1, -0.05) is 0 Å². The third-order valence-electron chi connectivity index (χ3n) is 5.67. The van der Waals surface area contributed by atoms with Gasteiger partial charge in [0, 0.05) is 39.8 Å². The van der Waals surface area contributed by atoms with Crippen LogP contribution in [-0.4, -0.2) is 79.0 Å². The lowest BCUT2D eigenvalue weighted by Gasteiger charge is -2.24. The van der Waals surface area contributed by atoms with Crippen molar-refractivity contribution in [1.29, 1.82) is 5.26 Å². The average Bonchev–Trinajstić information content (AvgIpc) is 3.25. The van der Waals surface area contributed by atoms with Crippen LogP contribution in [0.4, 0.5) is 4.79 Å². The minimum atomic E-state index is -0.243. The van der Waals surface area contributed by atoms with Crippen LogP contribution in [0.1, 0.15) is 25.7 Å². The molecule has 0 aromatic heterocycles. The molecular formula is C17H28ClN5O2. The van der Waals surface area contributed by atoms with Gasteiger partial charge in [0.05, 0.1) is 12.6 Å². The summed E-state index contributed by atoms with van der Waals surface area (Å²) in [6.45, 7) is 2.69. The van der Waals surface area contributed by atoms with Gasteiger partial charge < -0.3 is 20.0 Å². The number of amides is 3. The van der Waals surface area contributed by atoms with Gasteiger partial charge in [0.25, 0.3) is 0 Å². The monoisotopic (exact) mass is 369 g/mol. The van der Waals surface area contributed by atoms with Gasteiger partial charge in [-0.05, 0) is 37.5 Å². The molecule has 3 rings (SSSR count). The Labute approximate surface area is 155 Å². The van der Waals surface area contributed by atoms with Crippen LogP contribution in [0.15, 0.2) is 0 Å². The van der Waals surface area contributed by atoms with Crippen LogP contribution in [0.3, 0.4) is 0 Å². The first-order valence-electron chi connectivity index (χ1n) is 8.88. The van der Waals surface area contributed by atoms with E-state index in [0.717, 1.165) is 38.8 Å². The zero-order chi connectivity index (χ0) is 17.3. The number of nitrogens with zero attached hydrogens (tertiary/aromatic N) is 4. The van der Waals surface area contributed by atoms with Crippen molar-refractivity contribution in [3.63, 3.8) is 0 Å². The number of hydrogen-bond acceptors (Lipinski definition) is 4. The Morgan fingerprint density at radius 1 is 1.24 bits per heavy atom. The number of carbonyl (C=O) groups excluding carboxylic acids is 2. The Morgan fingerprint density at radius 2 is 1.88 bits per heavy atom. The van der Waals surface area contributed by atoms with Crippen molar-refractivity contribution in [2.45, 2.75) is 37.8 Å². The van der Waals surface area contributed by atoms with Gasteiger partial charge >= 0.3 is 6.03 Å². The number of rotatable bonds is 3. The molecule has 0 spiro atoms. The molecule has 1 N–H and O–H groups in total. The second-order valence-corrected chi connectivity index (χ2v) is 7.53. The van der Waals surface area contributed by atoms with E-state index in [9.17, 15) is 9.59 Å². The Balaban J connectivity index is 0.00000225. The van der Waals surface area contributed by atoms with E-state index in [1.54, 1.807) is 23.9 Å². The smallest absolute Gasteiger partial charge is 0.319 e. The van der Waals surface area contributed by atoms with Gasteiger partial charge in [-0.3, -0.25) is 4.79 Å². The third kappa shape index (κ3) is 4.18. The lowest BCUT2D eigenvalue weighted by Crippen LogP contribution is -2.43. The van der Waals surface area contributed by atoms with E-state index in [1.165, 1.54) is 0 Å². The number of nitrogens with one attached hydrogen (secondary N) is 1. The molecule has 0 bridgehead atoms. The van der Waals surface area contributed by atoms with E-state index >= 15 is 0 Å². The first-order valence-corrected chi connectivity index (χ1v) is 8.88. The molecule has 2 saturated heterocycles. The summed E-state index contributed by atoms with van der Waals surface area (Å²) < 4.78 is 0. The quantitative estimate of drug-likeness (QED) is 0.801. The van der Waals surface area contributed by atoms with Crippen LogP contribution in [-0.2, 0) is 4.79 Å². The SMILES string of the molecule is CN(C)C(=O)N1C[C@H]2CC(NCC(=O)N3CCCC3C#N)C[C@H]2C1.Cl. The summed E-state index contributed by atoms with van der Waals surface area (Å²) in [5.41, 5.74) is 0. The summed E-state index contributed by atoms with van der Waals surface area (Å²) in [7, 11) is 3.58. The molecule has 1 aliphatic carbocycles. The molecular weight excluding hydrogens is 342 g/mol. The predicted octanol–water partition coefficient (Wildman–Crippen LogP) is 0.904. The molecule has 4 atom stereocenters. The molecule has 7 nitrogen and oxygen atoms in total. The van der Waals surface area contributed by atoms with Crippen molar-refractivity contribution < 1.29 is 9.59 Å². The molecule has 0 aromatic rings. The second-order valence-electron chi connectivity index (χ2n) is 7.53. The first-order chi connectivity index (χ1) is 11.5. The highest BCUT2D eigenvalue weighted by atomic mass is 35.5. The molecule has 2 heterocycles. The number of hydrogen-bond donors (Lipinski definition) is 1. The van der Waals surface area contributed by atoms with Crippen LogP contribution in [0.25, 0.3) is 0 Å². The standard InChI is InChI=1S/C17H27N5O2.ClH/c1-20(2)17(24)21-10-12-6-14(7-13(12)11-21)19-9-16(23)22-5-3-4-15(22)8-18;/h12-15,19H,3-7,9-11H2,1-2H3;1H/t12-,13+,14?,15?;. The summed E-state index contributed by atoms with van der Waals surface area (Å²) in [4.78, 5) is 29.6. The summed E-state index contributed by atoms with van der Waals surface area (Å²) in [6.07, 6.45) is 3.77. The lowest BCUT2D eigenvalue weighted by molar-refractivity contribution is -0.130. The Hall–Kier alpha value is -1.52. The van der Waals surface area contributed by atoms with E-state index < -0.39 is 0 Å². The van der Waals surface area contributed by atoms with Crippen LogP contribution < -0.4 is 5.32 Å². The summed E-state index contributed by atoms with van der Waals surface area (Å²) >= 11 is 0. The molecule has 2 unspecified atom stereocenters. The maximum atomic E-state index is 12.3. The highest BCUT2D eigenvalue weighted by molar-refractivity contribution is 5.85. The van der Waals surface area contributed by atoms with Crippen molar-refractivity contribution in [3.8, 4) is 6.07 Å². The van der Waals surface area contributed by atoms with Crippen molar-refractivity contribution >= 4 is 24.3 Å². The Bertz CT molecular complexity index is 536. The number of halogens is 1. The van der Waals surface area contributed by atoms with Gasteiger partial charge in [0.1, 0.15) is 6.04 Å². The normalized spacial score (nSPS) is 30.6. The number of fused-ring (bicyclic) bond motifs is 1. The maximum Gasteiger partial charge on any atom is 0.319 e. The number of urea groups is 1. The van der Waals surface area contributed by atoms with E-state index in [4.69, 9.17) is 5.26 Å². The van der Waals surface area contributed by atoms with Crippen molar-refractivity contribution in [2.75, 3.05) is 40.3 Å².